The van der Waals surface area contributed by atoms with Gasteiger partial charge in [-0.15, -0.1) is 0 Å². The van der Waals surface area contributed by atoms with Gasteiger partial charge in [0.25, 0.3) is 5.91 Å². The molecule has 2 aromatic carbocycles. The van der Waals surface area contributed by atoms with Crippen LogP contribution in [0.5, 0.6) is 0 Å². The summed E-state index contributed by atoms with van der Waals surface area (Å²) in [6, 6.07) is 14.9. The molecular weight excluding hydrogens is 374 g/mol. The van der Waals surface area contributed by atoms with Crippen molar-refractivity contribution in [1.29, 1.82) is 0 Å². The maximum Gasteiger partial charge on any atom is 0.252 e. The van der Waals surface area contributed by atoms with E-state index in [1.54, 1.807) is 12.1 Å². The van der Waals surface area contributed by atoms with E-state index in [0.29, 0.717) is 16.5 Å². The van der Waals surface area contributed by atoms with Crippen molar-refractivity contribution in [3.63, 3.8) is 0 Å². The Labute approximate surface area is 167 Å². The largest absolute Gasteiger partial charge is 0.343 e. The van der Waals surface area contributed by atoms with Gasteiger partial charge in [0, 0.05) is 17.0 Å². The summed E-state index contributed by atoms with van der Waals surface area (Å²) in [5, 5.41) is 12.8. The van der Waals surface area contributed by atoms with Crippen molar-refractivity contribution in [1.82, 2.24) is 20.5 Å². The number of aryl methyl sites for hydroxylation is 1. The van der Waals surface area contributed by atoms with Gasteiger partial charge >= 0.3 is 0 Å². The number of benzene rings is 2. The molecule has 3 aromatic rings. The lowest BCUT2D eigenvalue weighted by Crippen LogP contribution is -2.33. The zero-order chi connectivity index (χ0) is 19.8. The second-order valence-corrected chi connectivity index (χ2v) is 6.94. The molecule has 1 aromatic heterocycles. The van der Waals surface area contributed by atoms with Crippen LogP contribution in [0.1, 0.15) is 28.4 Å². The maximum absolute atomic E-state index is 12.6. The van der Waals surface area contributed by atoms with Gasteiger partial charge in [0.2, 0.25) is 5.91 Å². The first-order valence-corrected chi connectivity index (χ1v) is 9.88. The molecule has 3 rings (SSSR count). The molecule has 1 heterocycles. The first-order chi connectivity index (χ1) is 13.7. The number of amides is 2. The Morgan fingerprint density at radius 3 is 2.57 bits per heavy atom. The van der Waals surface area contributed by atoms with Gasteiger partial charge in [-0.25, -0.2) is 4.98 Å². The van der Waals surface area contributed by atoms with E-state index < -0.39 is 0 Å². The Morgan fingerprint density at radius 2 is 1.82 bits per heavy atom. The summed E-state index contributed by atoms with van der Waals surface area (Å²) in [6.07, 6.45) is 2.26. The number of hydrogen-bond donors (Lipinski definition) is 3. The summed E-state index contributed by atoms with van der Waals surface area (Å²) in [5.74, 6) is 0.0185. The third kappa shape index (κ3) is 5.20. The van der Waals surface area contributed by atoms with Crippen LogP contribution >= 0.6 is 11.8 Å². The minimum absolute atomic E-state index is 0.0968. The second kappa shape index (κ2) is 9.70. The Morgan fingerprint density at radius 1 is 1.07 bits per heavy atom. The van der Waals surface area contributed by atoms with Crippen molar-refractivity contribution in [2.45, 2.75) is 24.3 Å². The van der Waals surface area contributed by atoms with Crippen molar-refractivity contribution in [3.05, 3.63) is 71.5 Å². The summed E-state index contributed by atoms with van der Waals surface area (Å²) < 4.78 is 0. The van der Waals surface area contributed by atoms with Crippen LogP contribution in [-0.4, -0.2) is 33.5 Å². The van der Waals surface area contributed by atoms with Crippen LogP contribution in [0.4, 0.5) is 5.69 Å². The number of carbonyl (C=O) groups excluding carboxylic acids is 2. The Balaban J connectivity index is 1.58. The predicted molar refractivity (Wildman–Crippen MR) is 109 cm³/mol. The summed E-state index contributed by atoms with van der Waals surface area (Å²) in [5.41, 5.74) is 3.22. The lowest BCUT2D eigenvalue weighted by atomic mass is 10.1. The molecule has 2 amide bonds. The van der Waals surface area contributed by atoms with Gasteiger partial charge in [-0.2, -0.15) is 5.10 Å². The highest BCUT2D eigenvalue weighted by Crippen LogP contribution is 2.21. The highest BCUT2D eigenvalue weighted by Gasteiger charge is 2.13. The van der Waals surface area contributed by atoms with E-state index in [-0.39, 0.29) is 18.4 Å². The third-order valence-electron chi connectivity index (χ3n) is 4.10. The first kappa shape index (κ1) is 19.6. The lowest BCUT2D eigenvalue weighted by Gasteiger charge is -2.11. The molecule has 144 valence electrons. The highest BCUT2D eigenvalue weighted by atomic mass is 32.2. The fraction of sp³-hybridized carbons (Fsp3) is 0.200. The van der Waals surface area contributed by atoms with Crippen LogP contribution in [0.2, 0.25) is 0 Å². The molecule has 0 unspecified atom stereocenters. The molecule has 0 saturated heterocycles. The fourth-order valence-corrected chi connectivity index (χ4v) is 3.46. The van der Waals surface area contributed by atoms with Crippen molar-refractivity contribution in [3.8, 4) is 0 Å². The number of aromatic amines is 1. The van der Waals surface area contributed by atoms with Gasteiger partial charge in [0.15, 0.2) is 5.16 Å². The minimum Gasteiger partial charge on any atom is -0.343 e. The second-order valence-electron chi connectivity index (χ2n) is 5.98. The molecule has 7 nitrogen and oxygen atoms in total. The number of para-hydroxylation sites is 1. The summed E-state index contributed by atoms with van der Waals surface area (Å²) >= 11 is 1.45. The van der Waals surface area contributed by atoms with E-state index in [1.807, 2.05) is 43.3 Å². The van der Waals surface area contributed by atoms with Crippen LogP contribution in [-0.2, 0) is 17.0 Å². The number of nitrogens with zero attached hydrogens (tertiary/aromatic N) is 2. The van der Waals surface area contributed by atoms with Gasteiger partial charge in [-0.05, 0) is 29.7 Å². The number of thioether (sulfide) groups is 1. The quantitative estimate of drug-likeness (QED) is 0.509. The number of hydrogen-bond acceptors (Lipinski definition) is 5. The summed E-state index contributed by atoms with van der Waals surface area (Å²) in [6.45, 7) is 1.93. The molecule has 0 aliphatic rings. The van der Waals surface area contributed by atoms with E-state index in [1.165, 1.54) is 18.1 Å². The van der Waals surface area contributed by atoms with Crippen molar-refractivity contribution >= 4 is 29.3 Å². The molecule has 0 aliphatic carbocycles. The van der Waals surface area contributed by atoms with Crippen LogP contribution < -0.4 is 10.6 Å². The zero-order valence-electron chi connectivity index (χ0n) is 15.4. The van der Waals surface area contributed by atoms with Crippen molar-refractivity contribution in [2.75, 3.05) is 11.9 Å². The molecule has 8 heteroatoms. The molecule has 0 atom stereocenters. The molecule has 0 spiro atoms. The SMILES string of the molecule is CCc1ccccc1NC(=O)CNC(=O)c1ccccc1CSc1ncn[nH]1. The number of anilines is 1. The number of aromatic nitrogens is 3. The molecule has 0 radical (unpaired) electrons. The first-order valence-electron chi connectivity index (χ1n) is 8.89. The number of carbonyl (C=O) groups is 2. The van der Waals surface area contributed by atoms with E-state index in [0.717, 1.165) is 23.2 Å². The third-order valence-corrected chi connectivity index (χ3v) is 5.03. The van der Waals surface area contributed by atoms with E-state index >= 15 is 0 Å². The number of H-pyrrole nitrogens is 1. The highest BCUT2D eigenvalue weighted by molar-refractivity contribution is 7.98. The van der Waals surface area contributed by atoms with E-state index in [9.17, 15) is 9.59 Å². The van der Waals surface area contributed by atoms with Crippen molar-refractivity contribution in [2.24, 2.45) is 0 Å². The Hall–Kier alpha value is -3.13. The van der Waals surface area contributed by atoms with Crippen molar-refractivity contribution < 1.29 is 9.59 Å². The lowest BCUT2D eigenvalue weighted by molar-refractivity contribution is -0.115. The summed E-state index contributed by atoms with van der Waals surface area (Å²) in [7, 11) is 0. The molecular formula is C20H21N5O2S. The molecule has 0 bridgehead atoms. The van der Waals surface area contributed by atoms with Gasteiger partial charge in [0.05, 0.1) is 6.54 Å². The molecule has 0 aliphatic heterocycles. The Bertz CT molecular complexity index is 943. The average molecular weight is 395 g/mol. The van der Waals surface area contributed by atoms with Crippen LogP contribution in [0.25, 0.3) is 0 Å². The summed E-state index contributed by atoms with van der Waals surface area (Å²) in [4.78, 5) is 28.9. The molecule has 0 fully saturated rings. The molecule has 0 saturated carbocycles. The average Bonchev–Trinajstić information content (AvgIpc) is 3.25. The monoisotopic (exact) mass is 395 g/mol. The Kier molecular flexibility index (Phi) is 6.80. The number of nitrogens with one attached hydrogen (secondary N) is 3. The van der Waals surface area contributed by atoms with Crippen LogP contribution in [0.3, 0.4) is 0 Å². The fourth-order valence-electron chi connectivity index (χ4n) is 2.68. The van der Waals surface area contributed by atoms with Crippen LogP contribution in [0.15, 0.2) is 60.0 Å². The van der Waals surface area contributed by atoms with Gasteiger partial charge < -0.3 is 10.6 Å². The minimum atomic E-state index is -0.285. The van der Waals surface area contributed by atoms with Gasteiger partial charge in [0.1, 0.15) is 6.33 Å². The number of rotatable bonds is 8. The molecule has 3 N–H and O–H groups in total. The van der Waals surface area contributed by atoms with Gasteiger partial charge in [-0.1, -0.05) is 55.1 Å². The standard InChI is InChI=1S/C20H21N5O2S/c1-2-14-7-4-6-10-17(14)24-18(26)11-21-19(27)16-9-5-3-8-15(16)12-28-20-22-13-23-25-20/h3-10,13H,2,11-12H2,1H3,(H,21,27)(H,24,26)(H,22,23,25). The smallest absolute Gasteiger partial charge is 0.252 e. The zero-order valence-corrected chi connectivity index (χ0v) is 16.3. The molecule has 28 heavy (non-hydrogen) atoms. The maximum atomic E-state index is 12.6. The topological polar surface area (TPSA) is 99.8 Å². The normalized spacial score (nSPS) is 10.5. The van der Waals surface area contributed by atoms with E-state index in [2.05, 4.69) is 25.8 Å². The predicted octanol–water partition coefficient (Wildman–Crippen LogP) is 3.03. The van der Waals surface area contributed by atoms with Crippen LogP contribution in [0, 0.1) is 0 Å². The van der Waals surface area contributed by atoms with Gasteiger partial charge in [-0.3, -0.25) is 14.7 Å². The van der Waals surface area contributed by atoms with E-state index in [4.69, 9.17) is 0 Å².